The Morgan fingerprint density at radius 3 is 2.52 bits per heavy atom. The van der Waals surface area contributed by atoms with Gasteiger partial charge in [0.15, 0.2) is 5.78 Å². The third-order valence-electron chi connectivity index (χ3n) is 8.68. The molecule has 0 aromatic carbocycles. The molecule has 4 aliphatic rings. The largest absolute Gasteiger partial charge is 0.462 e. The van der Waals surface area contributed by atoms with Crippen LogP contribution < -0.4 is 0 Å². The SMILES string of the molecule is CC(=O)O[C@H]1C[C@]2(C)[C@@H](C(C)=O)CC[C@H]2[C@@H]2CCC3=CC(=O)CC[C@]3(C)[C@H]21. The van der Waals surface area contributed by atoms with Gasteiger partial charge in [0.2, 0.25) is 0 Å². The summed E-state index contributed by atoms with van der Waals surface area (Å²) in [5.74, 6) is 1.61. The fourth-order valence-electron chi connectivity index (χ4n) is 7.64. The lowest BCUT2D eigenvalue weighted by Gasteiger charge is -2.60. The summed E-state index contributed by atoms with van der Waals surface area (Å²) < 4.78 is 5.94. The highest BCUT2D eigenvalue weighted by Crippen LogP contribution is 2.67. The first-order chi connectivity index (χ1) is 12.7. The molecule has 7 atom stereocenters. The zero-order valence-corrected chi connectivity index (χ0v) is 17.0. The van der Waals surface area contributed by atoms with Crippen LogP contribution in [0, 0.1) is 34.5 Å². The summed E-state index contributed by atoms with van der Waals surface area (Å²) in [6.07, 6.45) is 8.02. The van der Waals surface area contributed by atoms with Gasteiger partial charge in [-0.1, -0.05) is 19.4 Å². The second-order valence-electron chi connectivity index (χ2n) is 9.99. The molecular weight excluding hydrogens is 340 g/mol. The van der Waals surface area contributed by atoms with Gasteiger partial charge in [0.05, 0.1) is 0 Å². The Balaban J connectivity index is 1.77. The van der Waals surface area contributed by atoms with Crippen molar-refractivity contribution < 1.29 is 19.1 Å². The summed E-state index contributed by atoms with van der Waals surface area (Å²) in [7, 11) is 0. The molecule has 0 spiro atoms. The minimum atomic E-state index is -0.232. The summed E-state index contributed by atoms with van der Waals surface area (Å²) in [4.78, 5) is 36.4. The number of ketones is 2. The third kappa shape index (κ3) is 2.74. The van der Waals surface area contributed by atoms with Gasteiger partial charge in [-0.2, -0.15) is 0 Å². The fourth-order valence-corrected chi connectivity index (χ4v) is 7.64. The van der Waals surface area contributed by atoms with Gasteiger partial charge in [0.1, 0.15) is 11.9 Å². The van der Waals surface area contributed by atoms with E-state index in [0.29, 0.717) is 18.3 Å². The highest BCUT2D eigenvalue weighted by Gasteiger charge is 2.63. The van der Waals surface area contributed by atoms with Crippen molar-refractivity contribution in [2.75, 3.05) is 0 Å². The van der Waals surface area contributed by atoms with Crippen LogP contribution >= 0.6 is 0 Å². The highest BCUT2D eigenvalue weighted by molar-refractivity contribution is 5.91. The van der Waals surface area contributed by atoms with Crippen LogP contribution in [0.1, 0.15) is 72.6 Å². The standard InChI is InChI=1S/C23H32O4/c1-13(24)18-7-8-19-17-6-5-15-11-16(26)9-10-22(15,3)21(17)20(27-14(2)25)12-23(18,19)4/h11,17-21H,5-10,12H2,1-4H3/t17-,18+,19-,20-,21+,22-,23+/m0/s1. The Kier molecular flexibility index (Phi) is 4.40. The van der Waals surface area contributed by atoms with Gasteiger partial charge in [-0.05, 0) is 74.2 Å². The molecule has 4 rings (SSSR count). The van der Waals surface area contributed by atoms with E-state index < -0.39 is 0 Å². The van der Waals surface area contributed by atoms with Crippen LogP contribution in [-0.2, 0) is 19.1 Å². The summed E-state index contributed by atoms with van der Waals surface area (Å²) in [5, 5.41) is 0. The molecule has 148 valence electrons. The zero-order valence-electron chi connectivity index (χ0n) is 17.0. The predicted octanol–water partition coefficient (Wildman–Crippen LogP) is 4.27. The van der Waals surface area contributed by atoms with Crippen molar-refractivity contribution in [2.45, 2.75) is 78.7 Å². The first-order valence-electron chi connectivity index (χ1n) is 10.6. The topological polar surface area (TPSA) is 60.4 Å². The maximum absolute atomic E-state index is 12.4. The van der Waals surface area contributed by atoms with Crippen molar-refractivity contribution in [1.82, 2.24) is 0 Å². The van der Waals surface area contributed by atoms with Crippen molar-refractivity contribution in [3.05, 3.63) is 11.6 Å². The lowest BCUT2D eigenvalue weighted by atomic mass is 9.46. The summed E-state index contributed by atoms with van der Waals surface area (Å²) in [5.41, 5.74) is 1.13. The Labute approximate surface area is 162 Å². The van der Waals surface area contributed by atoms with Gasteiger partial charge in [0.25, 0.3) is 0 Å². The van der Waals surface area contributed by atoms with Gasteiger partial charge >= 0.3 is 5.97 Å². The normalized spacial score (nSPS) is 46.0. The molecule has 0 amide bonds. The molecule has 4 heteroatoms. The molecule has 0 aromatic rings. The van der Waals surface area contributed by atoms with E-state index in [-0.39, 0.29) is 46.3 Å². The third-order valence-corrected chi connectivity index (χ3v) is 8.68. The van der Waals surface area contributed by atoms with Crippen molar-refractivity contribution >= 4 is 17.5 Å². The molecule has 27 heavy (non-hydrogen) atoms. The van der Waals surface area contributed by atoms with Crippen molar-refractivity contribution in [3.8, 4) is 0 Å². The van der Waals surface area contributed by atoms with Crippen LogP contribution in [0.4, 0.5) is 0 Å². The van der Waals surface area contributed by atoms with Gasteiger partial charge in [-0.15, -0.1) is 0 Å². The van der Waals surface area contributed by atoms with Crippen LogP contribution in [0.3, 0.4) is 0 Å². The Morgan fingerprint density at radius 2 is 1.85 bits per heavy atom. The molecular formula is C23H32O4. The highest BCUT2D eigenvalue weighted by atomic mass is 16.5. The molecule has 4 nitrogen and oxygen atoms in total. The summed E-state index contributed by atoms with van der Waals surface area (Å²) >= 11 is 0. The van der Waals surface area contributed by atoms with Crippen molar-refractivity contribution in [2.24, 2.45) is 34.5 Å². The van der Waals surface area contributed by atoms with Gasteiger partial charge < -0.3 is 4.74 Å². The predicted molar refractivity (Wildman–Crippen MR) is 102 cm³/mol. The molecule has 3 fully saturated rings. The van der Waals surface area contributed by atoms with E-state index in [9.17, 15) is 14.4 Å². The fraction of sp³-hybridized carbons (Fsp3) is 0.783. The second-order valence-corrected chi connectivity index (χ2v) is 9.99. The van der Waals surface area contributed by atoms with E-state index in [1.165, 1.54) is 12.5 Å². The zero-order chi connectivity index (χ0) is 19.6. The number of esters is 1. The number of carbonyl (C=O) groups excluding carboxylic acids is 3. The van der Waals surface area contributed by atoms with E-state index >= 15 is 0 Å². The Bertz CT molecular complexity index is 722. The van der Waals surface area contributed by atoms with Gasteiger partial charge in [-0.25, -0.2) is 0 Å². The second kappa shape index (κ2) is 6.28. The molecule has 0 aliphatic heterocycles. The average Bonchev–Trinajstić information content (AvgIpc) is 2.91. The van der Waals surface area contributed by atoms with E-state index in [2.05, 4.69) is 13.8 Å². The molecule has 4 aliphatic carbocycles. The molecule has 0 radical (unpaired) electrons. The number of ether oxygens (including phenoxy) is 1. The molecule has 0 bridgehead atoms. The monoisotopic (exact) mass is 372 g/mol. The molecule has 0 heterocycles. The number of hydrogen-bond acceptors (Lipinski definition) is 4. The number of allylic oxidation sites excluding steroid dienone is 1. The molecule has 0 aromatic heterocycles. The van der Waals surface area contributed by atoms with Crippen LogP contribution in [-0.4, -0.2) is 23.6 Å². The number of hydrogen-bond donors (Lipinski definition) is 0. The quantitative estimate of drug-likeness (QED) is 0.679. The van der Waals surface area contributed by atoms with E-state index in [0.717, 1.165) is 38.5 Å². The number of carbonyl (C=O) groups is 3. The molecule has 0 saturated heterocycles. The maximum atomic E-state index is 12.4. The lowest BCUT2D eigenvalue weighted by molar-refractivity contribution is -0.176. The van der Waals surface area contributed by atoms with Crippen LogP contribution in [0.15, 0.2) is 11.6 Å². The minimum absolute atomic E-state index is 0.0629. The maximum Gasteiger partial charge on any atom is 0.302 e. The molecule has 3 saturated carbocycles. The summed E-state index contributed by atoms with van der Waals surface area (Å²) in [6.45, 7) is 7.77. The van der Waals surface area contributed by atoms with Gasteiger partial charge in [-0.3, -0.25) is 14.4 Å². The first-order valence-corrected chi connectivity index (χ1v) is 10.6. The number of fused-ring (bicyclic) bond motifs is 5. The Hall–Kier alpha value is -1.45. The van der Waals surface area contributed by atoms with E-state index in [4.69, 9.17) is 4.74 Å². The van der Waals surface area contributed by atoms with Crippen molar-refractivity contribution in [3.63, 3.8) is 0 Å². The number of Topliss-reactive ketones (excluding diaryl/α,β-unsaturated/α-hetero) is 1. The smallest absolute Gasteiger partial charge is 0.302 e. The van der Waals surface area contributed by atoms with E-state index in [1.807, 2.05) is 6.08 Å². The molecule has 0 unspecified atom stereocenters. The lowest BCUT2D eigenvalue weighted by Crippen LogP contribution is -2.57. The van der Waals surface area contributed by atoms with Gasteiger partial charge in [0, 0.05) is 25.2 Å². The van der Waals surface area contributed by atoms with Crippen LogP contribution in [0.5, 0.6) is 0 Å². The first kappa shape index (κ1) is 18.9. The van der Waals surface area contributed by atoms with Crippen LogP contribution in [0.2, 0.25) is 0 Å². The minimum Gasteiger partial charge on any atom is -0.462 e. The average molecular weight is 373 g/mol. The molecule has 0 N–H and O–H groups in total. The van der Waals surface area contributed by atoms with E-state index in [1.54, 1.807) is 6.92 Å². The Morgan fingerprint density at radius 1 is 1.11 bits per heavy atom. The number of rotatable bonds is 2. The van der Waals surface area contributed by atoms with Crippen LogP contribution in [0.25, 0.3) is 0 Å². The summed E-state index contributed by atoms with van der Waals surface area (Å²) in [6, 6.07) is 0. The van der Waals surface area contributed by atoms with Crippen molar-refractivity contribution in [1.29, 1.82) is 0 Å².